The molecule has 0 saturated carbocycles. The van der Waals surface area contributed by atoms with Gasteiger partial charge in [0.05, 0.1) is 10.6 Å². The third-order valence-electron chi connectivity index (χ3n) is 2.95. The molecule has 0 bridgehead atoms. The Morgan fingerprint density at radius 3 is 2.67 bits per heavy atom. The third-order valence-corrected chi connectivity index (χ3v) is 4.75. The molecule has 2 aromatic carbocycles. The van der Waals surface area contributed by atoms with E-state index in [0.717, 1.165) is 16.3 Å². The van der Waals surface area contributed by atoms with Crippen LogP contribution in [0.2, 0.25) is 0 Å². The lowest BCUT2D eigenvalue weighted by Gasteiger charge is -2.03. The summed E-state index contributed by atoms with van der Waals surface area (Å²) in [5.41, 5.74) is 0.994. The van der Waals surface area contributed by atoms with Gasteiger partial charge in [-0.15, -0.1) is 0 Å². The maximum atomic E-state index is 11.7. The Morgan fingerprint density at radius 2 is 1.80 bits per heavy atom. The van der Waals surface area contributed by atoms with E-state index < -0.39 is 9.84 Å². The molecule has 0 atom stereocenters. The average Bonchev–Trinajstić information content (AvgIpc) is 2.55. The van der Waals surface area contributed by atoms with Crippen LogP contribution in [0.5, 0.6) is 0 Å². The van der Waals surface area contributed by atoms with Crippen molar-refractivity contribution >= 4 is 20.6 Å². The van der Waals surface area contributed by atoms with Crippen LogP contribution in [-0.2, 0) is 16.3 Å². The van der Waals surface area contributed by atoms with Crippen LogP contribution in [0.1, 0.15) is 5.56 Å². The number of aryl methyl sites for hydroxylation is 1. The maximum Gasteiger partial charge on any atom is 0.178 e. The average molecular weight is 218 g/mol. The summed E-state index contributed by atoms with van der Waals surface area (Å²) >= 11 is 0. The molecule has 2 aromatic rings. The Hall–Kier alpha value is -1.35. The van der Waals surface area contributed by atoms with Crippen LogP contribution in [0.3, 0.4) is 0 Å². The van der Waals surface area contributed by atoms with E-state index in [2.05, 4.69) is 0 Å². The molecule has 0 aromatic heterocycles. The predicted molar refractivity (Wildman–Crippen MR) is 59.7 cm³/mol. The fourth-order valence-electron chi connectivity index (χ4n) is 2.21. The van der Waals surface area contributed by atoms with E-state index in [1.54, 1.807) is 6.07 Å². The standard InChI is InChI=1S/C12H10O2S/c13-15(14)8-7-11-10-4-2-1-3-9(10)5-6-12(11)15/h1-6H,7-8H2. The second-order valence-electron chi connectivity index (χ2n) is 3.83. The summed E-state index contributed by atoms with van der Waals surface area (Å²) in [5.74, 6) is 0.260. The highest BCUT2D eigenvalue weighted by Gasteiger charge is 2.27. The van der Waals surface area contributed by atoms with Crippen molar-refractivity contribution in [2.24, 2.45) is 0 Å². The van der Waals surface area contributed by atoms with Gasteiger partial charge in [0.15, 0.2) is 9.84 Å². The summed E-state index contributed by atoms with van der Waals surface area (Å²) in [5, 5.41) is 2.20. The maximum absolute atomic E-state index is 11.7. The molecule has 1 aliphatic heterocycles. The zero-order valence-corrected chi connectivity index (χ0v) is 8.92. The summed E-state index contributed by atoms with van der Waals surface area (Å²) in [4.78, 5) is 0.529. The summed E-state index contributed by atoms with van der Waals surface area (Å²) in [6.45, 7) is 0. The van der Waals surface area contributed by atoms with Gasteiger partial charge >= 0.3 is 0 Å². The van der Waals surface area contributed by atoms with E-state index in [1.807, 2.05) is 30.3 Å². The molecular formula is C12H10O2S. The van der Waals surface area contributed by atoms with E-state index >= 15 is 0 Å². The quantitative estimate of drug-likeness (QED) is 0.679. The predicted octanol–water partition coefficient (Wildman–Crippen LogP) is 2.17. The minimum Gasteiger partial charge on any atom is -0.224 e. The number of sulfone groups is 1. The Balaban J connectivity index is 2.48. The summed E-state index contributed by atoms with van der Waals surface area (Å²) < 4.78 is 23.4. The lowest BCUT2D eigenvalue weighted by Crippen LogP contribution is -1.98. The molecule has 0 N–H and O–H groups in total. The van der Waals surface area contributed by atoms with Gasteiger partial charge in [0, 0.05) is 0 Å². The summed E-state index contributed by atoms with van der Waals surface area (Å²) in [6, 6.07) is 11.6. The normalized spacial score (nSPS) is 17.9. The van der Waals surface area contributed by atoms with Gasteiger partial charge in [0.2, 0.25) is 0 Å². The Morgan fingerprint density at radius 1 is 1.00 bits per heavy atom. The van der Waals surface area contributed by atoms with Gasteiger partial charge in [0.1, 0.15) is 0 Å². The fraction of sp³-hybridized carbons (Fsp3) is 0.167. The second-order valence-corrected chi connectivity index (χ2v) is 5.91. The van der Waals surface area contributed by atoms with E-state index in [1.165, 1.54) is 0 Å². The van der Waals surface area contributed by atoms with Crippen molar-refractivity contribution in [3.63, 3.8) is 0 Å². The first-order valence-electron chi connectivity index (χ1n) is 4.92. The molecule has 0 spiro atoms. The zero-order valence-electron chi connectivity index (χ0n) is 8.10. The largest absolute Gasteiger partial charge is 0.224 e. The van der Waals surface area contributed by atoms with Crippen molar-refractivity contribution in [1.82, 2.24) is 0 Å². The SMILES string of the molecule is O=S1(=O)CCc2c1ccc1ccccc21. The molecule has 15 heavy (non-hydrogen) atoms. The highest BCUT2D eigenvalue weighted by atomic mass is 32.2. The molecule has 0 saturated heterocycles. The van der Waals surface area contributed by atoms with E-state index in [4.69, 9.17) is 0 Å². The van der Waals surface area contributed by atoms with Crippen LogP contribution >= 0.6 is 0 Å². The van der Waals surface area contributed by atoms with Crippen LogP contribution < -0.4 is 0 Å². The van der Waals surface area contributed by atoms with Crippen molar-refractivity contribution in [3.8, 4) is 0 Å². The fourth-order valence-corrected chi connectivity index (χ4v) is 3.77. The zero-order chi connectivity index (χ0) is 10.5. The van der Waals surface area contributed by atoms with E-state index in [0.29, 0.717) is 11.3 Å². The first-order chi connectivity index (χ1) is 7.18. The summed E-state index contributed by atoms with van der Waals surface area (Å²) in [7, 11) is -3.00. The van der Waals surface area contributed by atoms with E-state index in [9.17, 15) is 8.42 Å². The number of hydrogen-bond acceptors (Lipinski definition) is 2. The molecule has 2 nitrogen and oxygen atoms in total. The molecule has 3 heteroatoms. The molecule has 76 valence electrons. The second kappa shape index (κ2) is 2.83. The minimum atomic E-state index is -3.00. The van der Waals surface area contributed by atoms with E-state index in [-0.39, 0.29) is 5.75 Å². The molecule has 1 aliphatic rings. The van der Waals surface area contributed by atoms with Crippen LogP contribution in [0.25, 0.3) is 10.8 Å². The molecule has 0 amide bonds. The van der Waals surface area contributed by atoms with Crippen molar-refractivity contribution in [3.05, 3.63) is 42.0 Å². The molecule has 1 heterocycles. The molecule has 0 aliphatic carbocycles. The molecule has 0 unspecified atom stereocenters. The number of rotatable bonds is 0. The van der Waals surface area contributed by atoms with Crippen molar-refractivity contribution in [2.45, 2.75) is 11.3 Å². The van der Waals surface area contributed by atoms with Crippen LogP contribution in [-0.4, -0.2) is 14.2 Å². The summed E-state index contributed by atoms with van der Waals surface area (Å²) in [6.07, 6.45) is 0.652. The lowest BCUT2D eigenvalue weighted by atomic mass is 10.0. The van der Waals surface area contributed by atoms with Gasteiger partial charge in [0.25, 0.3) is 0 Å². The molecule has 3 rings (SSSR count). The Labute approximate surface area is 88.5 Å². The topological polar surface area (TPSA) is 34.1 Å². The van der Waals surface area contributed by atoms with Gasteiger partial charge in [-0.3, -0.25) is 0 Å². The minimum absolute atomic E-state index is 0.260. The highest BCUT2D eigenvalue weighted by molar-refractivity contribution is 7.91. The Bertz CT molecular complexity index is 642. The first kappa shape index (κ1) is 8.92. The Kier molecular flexibility index (Phi) is 1.68. The number of hydrogen-bond donors (Lipinski definition) is 0. The van der Waals surface area contributed by atoms with Crippen LogP contribution in [0, 0.1) is 0 Å². The first-order valence-corrected chi connectivity index (χ1v) is 6.57. The lowest BCUT2D eigenvalue weighted by molar-refractivity contribution is 0.600. The molecule has 0 radical (unpaired) electrons. The molecule has 0 fully saturated rings. The highest BCUT2D eigenvalue weighted by Crippen LogP contribution is 2.32. The van der Waals surface area contributed by atoms with Gasteiger partial charge in [-0.1, -0.05) is 30.3 Å². The number of fused-ring (bicyclic) bond motifs is 3. The van der Waals surface area contributed by atoms with Gasteiger partial charge in [-0.05, 0) is 28.8 Å². The third kappa shape index (κ3) is 1.20. The monoisotopic (exact) mass is 218 g/mol. The van der Waals surface area contributed by atoms with Gasteiger partial charge in [-0.2, -0.15) is 0 Å². The van der Waals surface area contributed by atoms with Gasteiger partial charge < -0.3 is 0 Å². The van der Waals surface area contributed by atoms with Crippen LogP contribution in [0.4, 0.5) is 0 Å². The molecular weight excluding hydrogens is 208 g/mol. The van der Waals surface area contributed by atoms with Crippen molar-refractivity contribution in [1.29, 1.82) is 0 Å². The van der Waals surface area contributed by atoms with Crippen molar-refractivity contribution < 1.29 is 8.42 Å². The van der Waals surface area contributed by atoms with Gasteiger partial charge in [-0.25, -0.2) is 8.42 Å². The smallest absolute Gasteiger partial charge is 0.178 e. The van der Waals surface area contributed by atoms with Crippen LogP contribution in [0.15, 0.2) is 41.3 Å². The number of benzene rings is 2. The van der Waals surface area contributed by atoms with Crippen molar-refractivity contribution in [2.75, 3.05) is 5.75 Å².